The zero-order valence-electron chi connectivity index (χ0n) is 18.2. The van der Waals surface area contributed by atoms with Crippen LogP contribution in [0.15, 0.2) is 79.0 Å². The average Bonchev–Trinajstić information content (AvgIpc) is 2.83. The van der Waals surface area contributed by atoms with Crippen molar-refractivity contribution in [2.45, 2.75) is 32.2 Å². The monoisotopic (exact) mass is 413 g/mol. The first-order chi connectivity index (χ1) is 15.2. The summed E-state index contributed by atoms with van der Waals surface area (Å²) in [5, 5.41) is 3.31. The lowest BCUT2D eigenvalue weighted by molar-refractivity contribution is -0.127. The molecule has 0 saturated carbocycles. The average molecular weight is 414 g/mol. The number of carbonyl (C=O) groups is 1. The van der Waals surface area contributed by atoms with E-state index in [9.17, 15) is 4.79 Å². The van der Waals surface area contributed by atoms with Crippen LogP contribution in [0.5, 0.6) is 0 Å². The predicted molar refractivity (Wildman–Crippen MR) is 125 cm³/mol. The molecule has 1 aromatic heterocycles. The molecule has 2 heterocycles. The molecular formula is C27H31N3O. The van der Waals surface area contributed by atoms with E-state index in [0.29, 0.717) is 0 Å². The van der Waals surface area contributed by atoms with Gasteiger partial charge in [0.1, 0.15) is 0 Å². The molecule has 4 rings (SSSR count). The maximum atomic E-state index is 13.2. The van der Waals surface area contributed by atoms with Gasteiger partial charge in [0.25, 0.3) is 0 Å². The number of hydrogen-bond acceptors (Lipinski definition) is 3. The quantitative estimate of drug-likeness (QED) is 0.618. The fourth-order valence-electron chi connectivity index (χ4n) is 4.37. The van der Waals surface area contributed by atoms with Gasteiger partial charge in [0.15, 0.2) is 0 Å². The van der Waals surface area contributed by atoms with Crippen molar-refractivity contribution in [3.05, 3.63) is 101 Å². The Morgan fingerprint density at radius 1 is 1.00 bits per heavy atom. The number of amides is 1. The SMILES string of the molecule is Cc1cccnc1C(NC(=O)C1CCN(CCc2ccccc2)CC1)c1ccccc1. The Hall–Kier alpha value is -2.98. The van der Waals surface area contributed by atoms with Crippen molar-refractivity contribution < 1.29 is 4.79 Å². The van der Waals surface area contributed by atoms with Crippen molar-refractivity contribution in [3.63, 3.8) is 0 Å². The Morgan fingerprint density at radius 2 is 1.68 bits per heavy atom. The Balaban J connectivity index is 1.37. The molecule has 0 radical (unpaired) electrons. The fourth-order valence-corrected chi connectivity index (χ4v) is 4.37. The van der Waals surface area contributed by atoms with Crippen LogP contribution in [0.3, 0.4) is 0 Å². The minimum Gasteiger partial charge on any atom is -0.343 e. The molecule has 1 saturated heterocycles. The van der Waals surface area contributed by atoms with Gasteiger partial charge in [0.2, 0.25) is 5.91 Å². The van der Waals surface area contributed by atoms with Crippen LogP contribution in [0.2, 0.25) is 0 Å². The predicted octanol–water partition coefficient (Wildman–Crippen LogP) is 4.55. The topological polar surface area (TPSA) is 45.2 Å². The molecule has 1 unspecified atom stereocenters. The molecule has 1 aliphatic rings. The zero-order valence-corrected chi connectivity index (χ0v) is 18.2. The Kier molecular flexibility index (Phi) is 7.11. The number of likely N-dealkylation sites (tertiary alicyclic amines) is 1. The van der Waals surface area contributed by atoms with Crippen LogP contribution >= 0.6 is 0 Å². The van der Waals surface area contributed by atoms with E-state index in [1.54, 1.807) is 6.20 Å². The van der Waals surface area contributed by atoms with Crippen molar-refractivity contribution in [2.75, 3.05) is 19.6 Å². The van der Waals surface area contributed by atoms with Crippen molar-refractivity contribution >= 4 is 5.91 Å². The number of carbonyl (C=O) groups excluding carboxylic acids is 1. The maximum Gasteiger partial charge on any atom is 0.224 e. The molecule has 160 valence electrons. The molecule has 1 aliphatic heterocycles. The minimum absolute atomic E-state index is 0.0585. The fraction of sp³-hybridized carbons (Fsp3) is 0.333. The van der Waals surface area contributed by atoms with Gasteiger partial charge in [-0.15, -0.1) is 0 Å². The lowest BCUT2D eigenvalue weighted by Crippen LogP contribution is -2.42. The lowest BCUT2D eigenvalue weighted by Gasteiger charge is -2.32. The van der Waals surface area contributed by atoms with Gasteiger partial charge in [-0.2, -0.15) is 0 Å². The number of rotatable bonds is 7. The third kappa shape index (κ3) is 5.59. The molecule has 4 nitrogen and oxygen atoms in total. The summed E-state index contributed by atoms with van der Waals surface area (Å²) in [5.74, 6) is 0.199. The highest BCUT2D eigenvalue weighted by atomic mass is 16.2. The molecule has 2 aromatic carbocycles. The third-order valence-corrected chi connectivity index (χ3v) is 6.26. The molecule has 1 fully saturated rings. The number of aromatic nitrogens is 1. The van der Waals surface area contributed by atoms with Crippen LogP contribution in [0, 0.1) is 12.8 Å². The Morgan fingerprint density at radius 3 is 2.35 bits per heavy atom. The van der Waals surface area contributed by atoms with Crippen LogP contribution in [0.25, 0.3) is 0 Å². The summed E-state index contributed by atoms with van der Waals surface area (Å²) in [6.45, 7) is 5.06. The highest BCUT2D eigenvalue weighted by Gasteiger charge is 2.28. The second kappa shape index (κ2) is 10.4. The van der Waals surface area contributed by atoms with Crippen molar-refractivity contribution in [1.29, 1.82) is 0 Å². The number of benzene rings is 2. The largest absolute Gasteiger partial charge is 0.343 e. The first-order valence-corrected chi connectivity index (χ1v) is 11.2. The van der Waals surface area contributed by atoms with E-state index in [-0.39, 0.29) is 17.9 Å². The van der Waals surface area contributed by atoms with Crippen LogP contribution in [-0.4, -0.2) is 35.4 Å². The third-order valence-electron chi connectivity index (χ3n) is 6.26. The lowest BCUT2D eigenvalue weighted by atomic mass is 9.93. The Bertz CT molecular complexity index is 966. The summed E-state index contributed by atoms with van der Waals surface area (Å²) in [6.07, 6.45) is 4.68. The van der Waals surface area contributed by atoms with Gasteiger partial charge in [0, 0.05) is 18.7 Å². The van der Waals surface area contributed by atoms with Gasteiger partial charge in [-0.1, -0.05) is 66.7 Å². The van der Waals surface area contributed by atoms with Crippen LogP contribution < -0.4 is 5.32 Å². The highest BCUT2D eigenvalue weighted by Crippen LogP contribution is 2.25. The van der Waals surface area contributed by atoms with E-state index in [0.717, 1.165) is 55.7 Å². The number of nitrogens with one attached hydrogen (secondary N) is 1. The maximum absolute atomic E-state index is 13.2. The van der Waals surface area contributed by atoms with Crippen LogP contribution in [0.4, 0.5) is 0 Å². The van der Waals surface area contributed by atoms with Gasteiger partial charge in [-0.3, -0.25) is 9.78 Å². The molecule has 0 spiro atoms. The number of nitrogens with zero attached hydrogens (tertiary/aromatic N) is 2. The van der Waals surface area contributed by atoms with E-state index in [2.05, 4.69) is 70.7 Å². The minimum atomic E-state index is -0.217. The second-order valence-electron chi connectivity index (χ2n) is 8.41. The standard InChI is InChI=1S/C27H31N3O/c1-21-9-8-17-28-25(21)26(23-12-6-3-7-13-23)29-27(31)24-15-19-30(20-16-24)18-14-22-10-4-2-5-11-22/h2-13,17,24,26H,14-16,18-20H2,1H3,(H,29,31). The number of piperidine rings is 1. The summed E-state index contributed by atoms with van der Waals surface area (Å²) in [6, 6.07) is 24.5. The van der Waals surface area contributed by atoms with Crippen molar-refractivity contribution in [3.8, 4) is 0 Å². The molecule has 4 heteroatoms. The molecule has 3 aromatic rings. The van der Waals surface area contributed by atoms with Gasteiger partial charge < -0.3 is 10.2 Å². The number of aryl methyl sites for hydroxylation is 1. The molecule has 1 N–H and O–H groups in total. The van der Waals surface area contributed by atoms with E-state index >= 15 is 0 Å². The second-order valence-corrected chi connectivity index (χ2v) is 8.41. The van der Waals surface area contributed by atoms with Gasteiger partial charge in [-0.05, 0) is 62.0 Å². The van der Waals surface area contributed by atoms with E-state index < -0.39 is 0 Å². The first-order valence-electron chi connectivity index (χ1n) is 11.2. The number of hydrogen-bond donors (Lipinski definition) is 1. The van der Waals surface area contributed by atoms with Gasteiger partial charge in [-0.25, -0.2) is 0 Å². The molecule has 31 heavy (non-hydrogen) atoms. The molecule has 1 amide bonds. The van der Waals surface area contributed by atoms with Gasteiger partial charge in [0.05, 0.1) is 11.7 Å². The Labute approximate surface area is 185 Å². The molecule has 0 aliphatic carbocycles. The normalized spacial score (nSPS) is 16.0. The van der Waals surface area contributed by atoms with Crippen LogP contribution in [-0.2, 0) is 11.2 Å². The van der Waals surface area contributed by atoms with Crippen molar-refractivity contribution in [2.24, 2.45) is 5.92 Å². The summed E-state index contributed by atoms with van der Waals surface area (Å²) < 4.78 is 0. The summed E-state index contributed by atoms with van der Waals surface area (Å²) in [4.78, 5) is 20.3. The van der Waals surface area contributed by atoms with Crippen LogP contribution in [0.1, 0.15) is 41.3 Å². The summed E-state index contributed by atoms with van der Waals surface area (Å²) >= 11 is 0. The van der Waals surface area contributed by atoms with E-state index in [4.69, 9.17) is 0 Å². The molecular weight excluding hydrogens is 382 g/mol. The van der Waals surface area contributed by atoms with E-state index in [1.165, 1.54) is 5.56 Å². The van der Waals surface area contributed by atoms with Gasteiger partial charge >= 0.3 is 0 Å². The van der Waals surface area contributed by atoms with E-state index in [1.807, 2.05) is 24.3 Å². The highest BCUT2D eigenvalue weighted by molar-refractivity contribution is 5.79. The molecule has 0 bridgehead atoms. The smallest absolute Gasteiger partial charge is 0.224 e. The summed E-state index contributed by atoms with van der Waals surface area (Å²) in [7, 11) is 0. The zero-order chi connectivity index (χ0) is 21.5. The summed E-state index contributed by atoms with van der Waals surface area (Å²) in [5.41, 5.74) is 4.45. The first kappa shape index (κ1) is 21.3. The molecule has 1 atom stereocenters. The van der Waals surface area contributed by atoms with Crippen molar-refractivity contribution in [1.82, 2.24) is 15.2 Å². The number of pyridine rings is 1.